The molecule has 19 heavy (non-hydrogen) atoms. The Kier molecular flexibility index (Phi) is 3.66. The van der Waals surface area contributed by atoms with Gasteiger partial charge in [0.2, 0.25) is 0 Å². The summed E-state index contributed by atoms with van der Waals surface area (Å²) in [5.41, 5.74) is 4.14. The molecule has 0 radical (unpaired) electrons. The van der Waals surface area contributed by atoms with E-state index in [0.717, 1.165) is 12.6 Å². The SMILES string of the molecule is Cc1nn(C2CCCC2)c(C)c1C(C)CNC1CC1. The lowest BCUT2D eigenvalue weighted by Crippen LogP contribution is -2.22. The molecular formula is C16H27N3. The van der Waals surface area contributed by atoms with Gasteiger partial charge in [-0.15, -0.1) is 0 Å². The summed E-state index contributed by atoms with van der Waals surface area (Å²) in [6.45, 7) is 7.89. The molecule has 1 unspecified atom stereocenters. The number of nitrogens with zero attached hydrogens (tertiary/aromatic N) is 2. The van der Waals surface area contributed by atoms with Gasteiger partial charge in [0.05, 0.1) is 11.7 Å². The maximum absolute atomic E-state index is 4.84. The topological polar surface area (TPSA) is 29.9 Å². The summed E-state index contributed by atoms with van der Waals surface area (Å²) in [4.78, 5) is 0. The van der Waals surface area contributed by atoms with E-state index in [4.69, 9.17) is 5.10 Å². The molecular weight excluding hydrogens is 234 g/mol. The van der Waals surface area contributed by atoms with E-state index in [9.17, 15) is 0 Å². The second-order valence-electron chi connectivity index (χ2n) is 6.55. The lowest BCUT2D eigenvalue weighted by Gasteiger charge is -2.15. The third-order valence-electron chi connectivity index (χ3n) is 4.83. The van der Waals surface area contributed by atoms with Crippen molar-refractivity contribution in [1.82, 2.24) is 15.1 Å². The van der Waals surface area contributed by atoms with Gasteiger partial charge in [0, 0.05) is 23.8 Å². The van der Waals surface area contributed by atoms with Gasteiger partial charge in [0.25, 0.3) is 0 Å². The molecule has 1 N–H and O–H groups in total. The first-order valence-electron chi connectivity index (χ1n) is 7.95. The zero-order valence-electron chi connectivity index (χ0n) is 12.6. The minimum atomic E-state index is 0.579. The number of aryl methyl sites for hydroxylation is 1. The summed E-state index contributed by atoms with van der Waals surface area (Å²) in [7, 11) is 0. The van der Waals surface area contributed by atoms with Crippen molar-refractivity contribution in [3.8, 4) is 0 Å². The Morgan fingerprint density at radius 2 is 1.89 bits per heavy atom. The molecule has 1 atom stereocenters. The fourth-order valence-corrected chi connectivity index (χ4v) is 3.63. The van der Waals surface area contributed by atoms with Gasteiger partial charge in [-0.3, -0.25) is 4.68 Å². The number of nitrogens with one attached hydrogen (secondary N) is 1. The molecule has 3 rings (SSSR count). The quantitative estimate of drug-likeness (QED) is 0.879. The molecule has 1 aromatic rings. The first-order valence-corrected chi connectivity index (χ1v) is 7.95. The van der Waals surface area contributed by atoms with Gasteiger partial charge in [0.1, 0.15) is 0 Å². The molecule has 0 bridgehead atoms. The Balaban J connectivity index is 1.75. The van der Waals surface area contributed by atoms with Crippen LogP contribution in [0, 0.1) is 13.8 Å². The van der Waals surface area contributed by atoms with Crippen molar-refractivity contribution in [2.75, 3.05) is 6.54 Å². The van der Waals surface area contributed by atoms with Crippen LogP contribution in [0.1, 0.15) is 74.4 Å². The normalized spacial score (nSPS) is 22.1. The van der Waals surface area contributed by atoms with Crippen LogP contribution in [-0.4, -0.2) is 22.4 Å². The first kappa shape index (κ1) is 13.2. The zero-order chi connectivity index (χ0) is 13.4. The fourth-order valence-electron chi connectivity index (χ4n) is 3.63. The van der Waals surface area contributed by atoms with E-state index in [2.05, 4.69) is 30.8 Å². The molecule has 2 aliphatic rings. The predicted molar refractivity (Wildman–Crippen MR) is 78.6 cm³/mol. The lowest BCUT2D eigenvalue weighted by molar-refractivity contribution is 0.453. The lowest BCUT2D eigenvalue weighted by atomic mass is 9.99. The van der Waals surface area contributed by atoms with Crippen LogP contribution in [0.25, 0.3) is 0 Å². The highest BCUT2D eigenvalue weighted by Crippen LogP contribution is 2.33. The van der Waals surface area contributed by atoms with Gasteiger partial charge >= 0.3 is 0 Å². The molecule has 0 aliphatic heterocycles. The van der Waals surface area contributed by atoms with Crippen molar-refractivity contribution >= 4 is 0 Å². The number of rotatable bonds is 5. The van der Waals surface area contributed by atoms with E-state index in [0.29, 0.717) is 12.0 Å². The van der Waals surface area contributed by atoms with Gasteiger partial charge in [-0.1, -0.05) is 19.8 Å². The summed E-state index contributed by atoms with van der Waals surface area (Å²) in [5, 5.41) is 8.50. The largest absolute Gasteiger partial charge is 0.313 e. The summed E-state index contributed by atoms with van der Waals surface area (Å²) in [6, 6.07) is 1.46. The Morgan fingerprint density at radius 1 is 1.21 bits per heavy atom. The Labute approximate surface area is 116 Å². The summed E-state index contributed by atoms with van der Waals surface area (Å²) in [5.74, 6) is 0.579. The predicted octanol–water partition coefficient (Wildman–Crippen LogP) is 3.47. The molecule has 106 valence electrons. The van der Waals surface area contributed by atoms with E-state index in [1.54, 1.807) is 0 Å². The van der Waals surface area contributed by atoms with Gasteiger partial charge in [-0.25, -0.2) is 0 Å². The van der Waals surface area contributed by atoms with Crippen LogP contribution in [0.3, 0.4) is 0 Å². The second kappa shape index (κ2) is 5.28. The molecule has 0 saturated heterocycles. The van der Waals surface area contributed by atoms with Crippen molar-refractivity contribution < 1.29 is 0 Å². The van der Waals surface area contributed by atoms with Crippen LogP contribution in [-0.2, 0) is 0 Å². The number of hydrogen-bond acceptors (Lipinski definition) is 2. The Hall–Kier alpha value is -0.830. The zero-order valence-corrected chi connectivity index (χ0v) is 12.6. The van der Waals surface area contributed by atoms with Crippen molar-refractivity contribution in [1.29, 1.82) is 0 Å². The van der Waals surface area contributed by atoms with E-state index < -0.39 is 0 Å². The minimum Gasteiger partial charge on any atom is -0.313 e. The number of aromatic nitrogens is 2. The molecule has 0 spiro atoms. The molecule has 0 aromatic carbocycles. The Bertz CT molecular complexity index is 439. The first-order chi connectivity index (χ1) is 9.16. The van der Waals surface area contributed by atoms with Gasteiger partial charge in [0.15, 0.2) is 0 Å². The summed E-state index contributed by atoms with van der Waals surface area (Å²) < 4.78 is 2.32. The smallest absolute Gasteiger partial charge is 0.0631 e. The molecule has 1 aromatic heterocycles. The van der Waals surface area contributed by atoms with Crippen molar-refractivity contribution in [2.24, 2.45) is 0 Å². The van der Waals surface area contributed by atoms with Crippen LogP contribution in [0.2, 0.25) is 0 Å². The highest BCUT2D eigenvalue weighted by molar-refractivity contribution is 5.29. The monoisotopic (exact) mass is 261 g/mol. The highest BCUT2D eigenvalue weighted by atomic mass is 15.3. The van der Waals surface area contributed by atoms with Gasteiger partial charge < -0.3 is 5.32 Å². The Morgan fingerprint density at radius 3 is 2.53 bits per heavy atom. The maximum atomic E-state index is 4.84. The standard InChI is InChI=1S/C16H27N3/c1-11(10-17-14-8-9-14)16-12(2)18-19(13(16)3)15-6-4-5-7-15/h11,14-15,17H,4-10H2,1-3H3. The molecule has 3 nitrogen and oxygen atoms in total. The molecule has 2 fully saturated rings. The molecule has 2 aliphatic carbocycles. The van der Waals surface area contributed by atoms with Crippen LogP contribution in [0.5, 0.6) is 0 Å². The van der Waals surface area contributed by atoms with Gasteiger partial charge in [-0.05, 0) is 45.4 Å². The maximum Gasteiger partial charge on any atom is 0.0631 e. The number of hydrogen-bond donors (Lipinski definition) is 1. The summed E-state index contributed by atoms with van der Waals surface area (Å²) in [6.07, 6.45) is 8.11. The fraction of sp³-hybridized carbons (Fsp3) is 0.812. The molecule has 2 saturated carbocycles. The molecule has 0 amide bonds. The average Bonchev–Trinajstić information content (AvgIpc) is 2.96. The molecule has 3 heteroatoms. The third kappa shape index (κ3) is 2.71. The third-order valence-corrected chi connectivity index (χ3v) is 4.83. The minimum absolute atomic E-state index is 0.579. The average molecular weight is 261 g/mol. The highest BCUT2D eigenvalue weighted by Gasteiger charge is 2.26. The van der Waals surface area contributed by atoms with E-state index in [1.807, 2.05) is 0 Å². The van der Waals surface area contributed by atoms with Crippen molar-refractivity contribution in [3.05, 3.63) is 17.0 Å². The van der Waals surface area contributed by atoms with Gasteiger partial charge in [-0.2, -0.15) is 5.10 Å². The van der Waals surface area contributed by atoms with Crippen LogP contribution < -0.4 is 5.32 Å². The van der Waals surface area contributed by atoms with Crippen LogP contribution >= 0.6 is 0 Å². The van der Waals surface area contributed by atoms with E-state index in [1.165, 1.54) is 55.5 Å². The molecule has 1 heterocycles. The second-order valence-corrected chi connectivity index (χ2v) is 6.55. The van der Waals surface area contributed by atoms with Crippen LogP contribution in [0.15, 0.2) is 0 Å². The van der Waals surface area contributed by atoms with E-state index >= 15 is 0 Å². The van der Waals surface area contributed by atoms with Crippen molar-refractivity contribution in [3.63, 3.8) is 0 Å². The van der Waals surface area contributed by atoms with Crippen LogP contribution in [0.4, 0.5) is 0 Å². The summed E-state index contributed by atoms with van der Waals surface area (Å²) >= 11 is 0. The van der Waals surface area contributed by atoms with E-state index in [-0.39, 0.29) is 0 Å². The van der Waals surface area contributed by atoms with Crippen molar-refractivity contribution in [2.45, 2.75) is 77.3 Å².